The van der Waals surface area contributed by atoms with E-state index in [-0.39, 0.29) is 0 Å². The lowest BCUT2D eigenvalue weighted by Gasteiger charge is -2.28. The summed E-state index contributed by atoms with van der Waals surface area (Å²) in [7, 11) is 0. The lowest BCUT2D eigenvalue weighted by Crippen LogP contribution is -2.11. The molecule has 0 aliphatic carbocycles. The molecule has 0 saturated carbocycles. The number of thiophene rings is 1. The Balaban J connectivity index is 1.17. The summed E-state index contributed by atoms with van der Waals surface area (Å²) in [4.78, 5) is 2.49. The van der Waals surface area contributed by atoms with Crippen LogP contribution in [0.3, 0.4) is 0 Å². The second-order valence-corrected chi connectivity index (χ2v) is 17.2. The summed E-state index contributed by atoms with van der Waals surface area (Å²) in [6.45, 7) is 0. The molecule has 0 amide bonds. The summed E-state index contributed by atoms with van der Waals surface area (Å²) in [5, 5.41) is 9.89. The number of benzene rings is 10. The summed E-state index contributed by atoms with van der Waals surface area (Å²) in [6, 6.07) is 82.5. The topological polar surface area (TPSA) is 13.1 Å². The molecule has 0 atom stereocenters. The van der Waals surface area contributed by atoms with Crippen LogP contribution in [0.4, 0.5) is 17.1 Å². The van der Waals surface area contributed by atoms with Gasteiger partial charge in [0.25, 0.3) is 0 Å². The molecule has 0 saturated heterocycles. The van der Waals surface area contributed by atoms with Gasteiger partial charge in [-0.05, 0) is 89.8 Å². The predicted molar refractivity (Wildman–Crippen MR) is 266 cm³/mol. The van der Waals surface area contributed by atoms with Gasteiger partial charge < -0.3 is 14.0 Å². The van der Waals surface area contributed by atoms with Crippen LogP contribution in [0.1, 0.15) is 0 Å². The number of aromatic nitrogens is 2. The molecule has 3 nitrogen and oxygen atoms in total. The van der Waals surface area contributed by atoms with Crippen molar-refractivity contribution in [2.45, 2.75) is 0 Å². The summed E-state index contributed by atoms with van der Waals surface area (Å²) in [6.07, 6.45) is 0. The second-order valence-electron chi connectivity index (χ2n) is 16.1. The lowest BCUT2D eigenvalue weighted by molar-refractivity contribution is 1.17. The highest BCUT2D eigenvalue weighted by Crippen LogP contribution is 2.46. The van der Waals surface area contributed by atoms with Crippen molar-refractivity contribution in [3.05, 3.63) is 224 Å². The fourth-order valence-electron chi connectivity index (χ4n) is 9.99. The van der Waals surface area contributed by atoms with E-state index in [1.54, 1.807) is 0 Å². The average Bonchev–Trinajstić information content (AvgIpc) is 4.00. The van der Waals surface area contributed by atoms with Gasteiger partial charge in [0.1, 0.15) is 0 Å². The predicted octanol–water partition coefficient (Wildman–Crippen LogP) is 16.5. The highest BCUT2D eigenvalue weighted by molar-refractivity contribution is 7.25. The monoisotopic (exact) mass is 807 g/mol. The summed E-state index contributed by atoms with van der Waals surface area (Å²) in [5.74, 6) is 0. The Labute approximate surface area is 362 Å². The van der Waals surface area contributed by atoms with Crippen molar-refractivity contribution in [3.8, 4) is 22.5 Å². The van der Waals surface area contributed by atoms with Crippen molar-refractivity contribution in [1.82, 2.24) is 9.13 Å². The molecule has 10 aromatic carbocycles. The molecule has 0 radical (unpaired) electrons. The van der Waals surface area contributed by atoms with Crippen LogP contribution >= 0.6 is 11.3 Å². The zero-order valence-corrected chi connectivity index (χ0v) is 34.4. The highest BCUT2D eigenvalue weighted by atomic mass is 32.1. The van der Waals surface area contributed by atoms with Crippen LogP contribution in [-0.4, -0.2) is 9.13 Å². The van der Waals surface area contributed by atoms with Gasteiger partial charge in [0, 0.05) is 75.4 Å². The molecular formula is C58H37N3S. The third-order valence-electron chi connectivity index (χ3n) is 12.6. The van der Waals surface area contributed by atoms with Crippen LogP contribution < -0.4 is 4.90 Å². The highest BCUT2D eigenvalue weighted by Gasteiger charge is 2.23. The van der Waals surface area contributed by atoms with Gasteiger partial charge in [-0.1, -0.05) is 146 Å². The quantitative estimate of drug-likeness (QED) is 0.163. The van der Waals surface area contributed by atoms with Crippen molar-refractivity contribution in [2.75, 3.05) is 4.90 Å². The first kappa shape index (κ1) is 34.9. The number of hydrogen-bond donors (Lipinski definition) is 0. The van der Waals surface area contributed by atoms with Gasteiger partial charge in [-0.25, -0.2) is 0 Å². The lowest BCUT2D eigenvalue weighted by atomic mass is 9.99. The van der Waals surface area contributed by atoms with Gasteiger partial charge in [-0.3, -0.25) is 0 Å². The number of nitrogens with zero attached hydrogens (tertiary/aromatic N) is 3. The van der Waals surface area contributed by atoms with Gasteiger partial charge in [0.15, 0.2) is 0 Å². The van der Waals surface area contributed by atoms with E-state index in [0.29, 0.717) is 0 Å². The van der Waals surface area contributed by atoms with Gasteiger partial charge in [0.05, 0.1) is 27.8 Å². The van der Waals surface area contributed by atoms with Gasteiger partial charge in [-0.2, -0.15) is 0 Å². The first-order valence-electron chi connectivity index (χ1n) is 21.2. The molecule has 3 aromatic heterocycles. The van der Waals surface area contributed by atoms with E-state index in [9.17, 15) is 0 Å². The molecule has 13 rings (SSSR count). The normalized spacial score (nSPS) is 11.9. The maximum atomic E-state index is 2.49. The molecule has 62 heavy (non-hydrogen) atoms. The molecular weight excluding hydrogens is 771 g/mol. The van der Waals surface area contributed by atoms with Crippen molar-refractivity contribution in [3.63, 3.8) is 0 Å². The fraction of sp³-hybridized carbons (Fsp3) is 0. The minimum absolute atomic E-state index is 1.08. The van der Waals surface area contributed by atoms with E-state index in [1.165, 1.54) is 80.1 Å². The molecule has 3 heterocycles. The molecule has 0 N–H and O–H groups in total. The first-order valence-corrected chi connectivity index (χ1v) is 22.0. The molecule has 0 bridgehead atoms. The molecule has 0 spiro atoms. The van der Waals surface area contributed by atoms with Gasteiger partial charge in [-0.15, -0.1) is 11.3 Å². The largest absolute Gasteiger partial charge is 0.310 e. The third kappa shape index (κ3) is 5.30. The standard InChI is InChI=1S/C58H37N3S/c1-2-18-40(19-3-1)61-55-29-12-8-23-48(55)50-26-15-25-45(58(50)61)39-34-42(36-43(35-39)60-53-27-10-6-21-46(53)47-22-7-11-28-54(47)60)59(52-30-14-17-38-16-4-5-20-44(38)52)41-32-33-57-51(37-41)49-24-9-13-31-56(49)62-57/h1-37H. The Kier molecular flexibility index (Phi) is 7.78. The van der Waals surface area contributed by atoms with E-state index >= 15 is 0 Å². The first-order chi connectivity index (χ1) is 30.8. The summed E-state index contributed by atoms with van der Waals surface area (Å²) >= 11 is 1.86. The maximum Gasteiger partial charge on any atom is 0.0619 e. The molecule has 0 aliphatic heterocycles. The van der Waals surface area contributed by atoms with Gasteiger partial charge >= 0.3 is 0 Å². The van der Waals surface area contributed by atoms with Crippen molar-refractivity contribution < 1.29 is 0 Å². The zero-order chi connectivity index (χ0) is 40.7. The van der Waals surface area contributed by atoms with Crippen LogP contribution in [0, 0.1) is 0 Å². The van der Waals surface area contributed by atoms with Crippen molar-refractivity contribution >= 4 is 103 Å². The minimum atomic E-state index is 1.08. The van der Waals surface area contributed by atoms with Crippen molar-refractivity contribution in [2.24, 2.45) is 0 Å². The van der Waals surface area contributed by atoms with Crippen LogP contribution in [0.2, 0.25) is 0 Å². The molecule has 0 aliphatic rings. The summed E-state index contributed by atoms with van der Waals surface area (Å²) < 4.78 is 7.49. The number of para-hydroxylation sites is 5. The number of hydrogen-bond acceptors (Lipinski definition) is 2. The number of anilines is 3. The number of rotatable bonds is 6. The van der Waals surface area contributed by atoms with Gasteiger partial charge in [0.2, 0.25) is 0 Å². The SMILES string of the molecule is c1ccc(-n2c3ccccc3c3cccc(-c4cc(N(c5ccc6sc7ccccc7c6c5)c5cccc6ccccc56)cc(-n5c6ccccc6c6ccccc65)c4)c32)cc1. The molecule has 290 valence electrons. The Morgan fingerprint density at radius 2 is 0.919 bits per heavy atom. The van der Waals surface area contributed by atoms with Crippen LogP contribution in [0.15, 0.2) is 224 Å². The summed E-state index contributed by atoms with van der Waals surface area (Å²) in [5.41, 5.74) is 12.6. The third-order valence-corrected chi connectivity index (χ3v) is 13.8. The maximum absolute atomic E-state index is 2.49. The number of fused-ring (bicyclic) bond motifs is 10. The van der Waals surface area contributed by atoms with Crippen molar-refractivity contribution in [1.29, 1.82) is 0 Å². The Morgan fingerprint density at radius 3 is 1.69 bits per heavy atom. The Hall–Kier alpha value is -7.92. The van der Waals surface area contributed by atoms with Crippen LogP contribution in [0.25, 0.3) is 97.1 Å². The smallest absolute Gasteiger partial charge is 0.0619 e. The van der Waals surface area contributed by atoms with E-state index in [0.717, 1.165) is 34.0 Å². The molecule has 13 aromatic rings. The minimum Gasteiger partial charge on any atom is -0.310 e. The molecule has 0 fully saturated rings. The van der Waals surface area contributed by atoms with Crippen LogP contribution in [-0.2, 0) is 0 Å². The van der Waals surface area contributed by atoms with Crippen LogP contribution in [0.5, 0.6) is 0 Å². The van der Waals surface area contributed by atoms with E-state index in [1.807, 2.05) is 11.3 Å². The Bertz CT molecular complexity index is 3830. The average molecular weight is 808 g/mol. The molecule has 4 heteroatoms. The fourth-order valence-corrected chi connectivity index (χ4v) is 11.1. The van der Waals surface area contributed by atoms with E-state index in [2.05, 4.69) is 238 Å². The van der Waals surface area contributed by atoms with E-state index in [4.69, 9.17) is 0 Å². The zero-order valence-electron chi connectivity index (χ0n) is 33.6. The van der Waals surface area contributed by atoms with E-state index < -0.39 is 0 Å². The molecule has 0 unspecified atom stereocenters. The second kappa shape index (κ2) is 13.8. The Morgan fingerprint density at radius 1 is 0.339 bits per heavy atom.